The summed E-state index contributed by atoms with van der Waals surface area (Å²) in [5, 5.41) is 19.8. The van der Waals surface area contributed by atoms with Crippen LogP contribution in [0.2, 0.25) is 0 Å². The zero-order chi connectivity index (χ0) is 19.3. The molecule has 1 saturated carbocycles. The molecule has 3 rings (SSSR count). The number of unbranched alkanes of at least 4 members (excludes halogenated alkanes) is 1. The average molecular weight is 370 g/mol. The number of carboxylic acid groups (broad SMARTS) is 1. The lowest BCUT2D eigenvalue weighted by Crippen LogP contribution is -2.27. The SMILES string of the molecule is CCCCOc1c(O)nc(CC2(c3ccccc3)CCCC2)nc1C(=O)O. The molecule has 1 aliphatic carbocycles. The van der Waals surface area contributed by atoms with Crippen LogP contribution in [0.25, 0.3) is 0 Å². The molecule has 2 aromatic rings. The fourth-order valence-corrected chi connectivity index (χ4v) is 3.87. The van der Waals surface area contributed by atoms with E-state index in [-0.39, 0.29) is 16.9 Å². The smallest absolute Gasteiger partial charge is 0.358 e. The number of carboxylic acids is 1. The number of aromatic carboxylic acids is 1. The van der Waals surface area contributed by atoms with Crippen molar-refractivity contribution in [1.82, 2.24) is 9.97 Å². The van der Waals surface area contributed by atoms with Gasteiger partial charge in [-0.05, 0) is 24.8 Å². The summed E-state index contributed by atoms with van der Waals surface area (Å²) < 4.78 is 5.45. The lowest BCUT2D eigenvalue weighted by atomic mass is 9.76. The van der Waals surface area contributed by atoms with E-state index in [4.69, 9.17) is 4.74 Å². The molecule has 6 nitrogen and oxygen atoms in total. The molecule has 1 aliphatic rings. The first-order chi connectivity index (χ1) is 13.1. The van der Waals surface area contributed by atoms with Crippen molar-refractivity contribution in [3.8, 4) is 11.6 Å². The number of carbonyl (C=O) groups is 1. The number of hydrogen-bond donors (Lipinski definition) is 2. The molecule has 0 bridgehead atoms. The van der Waals surface area contributed by atoms with E-state index in [1.54, 1.807) is 0 Å². The molecule has 144 valence electrons. The first-order valence-electron chi connectivity index (χ1n) is 9.57. The minimum atomic E-state index is -1.22. The van der Waals surface area contributed by atoms with E-state index in [1.807, 2.05) is 25.1 Å². The Hall–Kier alpha value is -2.63. The summed E-state index contributed by atoms with van der Waals surface area (Å²) in [6.07, 6.45) is 6.39. The van der Waals surface area contributed by atoms with Crippen LogP contribution in [0.15, 0.2) is 30.3 Å². The Kier molecular flexibility index (Phi) is 5.94. The third kappa shape index (κ3) is 4.21. The van der Waals surface area contributed by atoms with Gasteiger partial charge in [-0.15, -0.1) is 0 Å². The summed E-state index contributed by atoms with van der Waals surface area (Å²) >= 11 is 0. The molecule has 0 aliphatic heterocycles. The second kappa shape index (κ2) is 8.37. The van der Waals surface area contributed by atoms with Crippen LogP contribution in [-0.4, -0.2) is 32.8 Å². The molecule has 0 radical (unpaired) electrons. The highest BCUT2D eigenvalue weighted by molar-refractivity contribution is 5.89. The van der Waals surface area contributed by atoms with E-state index < -0.39 is 11.8 Å². The minimum Gasteiger partial charge on any atom is -0.491 e. The standard InChI is InChI=1S/C21H26N2O4/c1-2-3-13-27-18-17(20(25)26)22-16(23-19(18)24)14-21(11-7-8-12-21)15-9-5-4-6-10-15/h4-6,9-10H,2-3,7-8,11-14H2,1H3,(H,25,26)(H,22,23,24). The van der Waals surface area contributed by atoms with Crippen molar-refractivity contribution < 1.29 is 19.7 Å². The number of benzene rings is 1. The van der Waals surface area contributed by atoms with E-state index in [9.17, 15) is 15.0 Å². The van der Waals surface area contributed by atoms with Gasteiger partial charge in [-0.1, -0.05) is 56.5 Å². The summed E-state index contributed by atoms with van der Waals surface area (Å²) in [5.41, 5.74) is 0.828. The van der Waals surface area contributed by atoms with Crippen LogP contribution in [0.5, 0.6) is 11.6 Å². The van der Waals surface area contributed by atoms with Gasteiger partial charge in [0.2, 0.25) is 5.75 Å². The van der Waals surface area contributed by atoms with Crippen LogP contribution in [0.4, 0.5) is 0 Å². The maximum absolute atomic E-state index is 11.7. The molecule has 27 heavy (non-hydrogen) atoms. The highest BCUT2D eigenvalue weighted by Crippen LogP contribution is 2.43. The van der Waals surface area contributed by atoms with Crippen molar-refractivity contribution in [2.75, 3.05) is 6.61 Å². The Morgan fingerprint density at radius 1 is 1.19 bits per heavy atom. The Bertz CT molecular complexity index is 786. The van der Waals surface area contributed by atoms with E-state index in [1.165, 1.54) is 5.56 Å². The van der Waals surface area contributed by atoms with Crippen molar-refractivity contribution in [3.63, 3.8) is 0 Å². The monoisotopic (exact) mass is 370 g/mol. The molecule has 1 aromatic heterocycles. The number of nitrogens with zero attached hydrogens (tertiary/aromatic N) is 2. The number of hydrogen-bond acceptors (Lipinski definition) is 5. The molecule has 6 heteroatoms. The van der Waals surface area contributed by atoms with Gasteiger partial charge < -0.3 is 14.9 Å². The second-order valence-corrected chi connectivity index (χ2v) is 7.18. The fraction of sp³-hybridized carbons (Fsp3) is 0.476. The van der Waals surface area contributed by atoms with Gasteiger partial charge in [0.25, 0.3) is 5.88 Å². The molecular weight excluding hydrogens is 344 g/mol. The molecule has 1 heterocycles. The van der Waals surface area contributed by atoms with Crippen LogP contribution in [-0.2, 0) is 11.8 Å². The fourth-order valence-electron chi connectivity index (χ4n) is 3.87. The molecule has 0 atom stereocenters. The van der Waals surface area contributed by atoms with Crippen LogP contribution >= 0.6 is 0 Å². The average Bonchev–Trinajstić information content (AvgIpc) is 3.13. The Morgan fingerprint density at radius 2 is 1.89 bits per heavy atom. The lowest BCUT2D eigenvalue weighted by Gasteiger charge is -2.29. The van der Waals surface area contributed by atoms with Crippen LogP contribution in [0, 0.1) is 0 Å². The normalized spacial score (nSPS) is 15.6. The zero-order valence-electron chi connectivity index (χ0n) is 15.6. The number of rotatable bonds is 8. The molecule has 0 unspecified atom stereocenters. The second-order valence-electron chi connectivity index (χ2n) is 7.18. The van der Waals surface area contributed by atoms with E-state index in [0.717, 1.165) is 38.5 Å². The molecule has 1 fully saturated rings. The van der Waals surface area contributed by atoms with Crippen molar-refractivity contribution in [2.45, 2.75) is 57.3 Å². The maximum atomic E-state index is 11.7. The number of ether oxygens (including phenoxy) is 1. The summed E-state index contributed by atoms with van der Waals surface area (Å²) in [6, 6.07) is 10.2. The highest BCUT2D eigenvalue weighted by atomic mass is 16.5. The summed E-state index contributed by atoms with van der Waals surface area (Å²) in [7, 11) is 0. The van der Waals surface area contributed by atoms with Crippen molar-refractivity contribution in [3.05, 3.63) is 47.4 Å². The van der Waals surface area contributed by atoms with Gasteiger partial charge in [0.15, 0.2) is 5.69 Å². The minimum absolute atomic E-state index is 0.117. The highest BCUT2D eigenvalue weighted by Gasteiger charge is 2.37. The Balaban J connectivity index is 1.93. The molecular formula is C21H26N2O4. The van der Waals surface area contributed by atoms with Crippen molar-refractivity contribution in [2.24, 2.45) is 0 Å². The quantitative estimate of drug-likeness (QED) is 0.679. The summed E-state index contributed by atoms with van der Waals surface area (Å²) in [6.45, 7) is 2.33. The van der Waals surface area contributed by atoms with Crippen LogP contribution in [0.3, 0.4) is 0 Å². The van der Waals surface area contributed by atoms with Gasteiger partial charge in [0.05, 0.1) is 6.61 Å². The molecule has 0 spiro atoms. The van der Waals surface area contributed by atoms with E-state index >= 15 is 0 Å². The third-order valence-corrected chi connectivity index (χ3v) is 5.28. The predicted octanol–water partition coefficient (Wildman–Crippen LogP) is 4.11. The topological polar surface area (TPSA) is 92.5 Å². The first-order valence-corrected chi connectivity index (χ1v) is 9.57. The van der Waals surface area contributed by atoms with Crippen LogP contribution < -0.4 is 4.74 Å². The molecule has 0 amide bonds. The summed E-state index contributed by atoms with van der Waals surface area (Å²) in [5.74, 6) is -1.41. The van der Waals surface area contributed by atoms with Crippen molar-refractivity contribution >= 4 is 5.97 Å². The maximum Gasteiger partial charge on any atom is 0.358 e. The first kappa shape index (κ1) is 19.1. The molecule has 2 N–H and O–H groups in total. The van der Waals surface area contributed by atoms with Gasteiger partial charge in [0.1, 0.15) is 5.82 Å². The molecule has 0 saturated heterocycles. The van der Waals surface area contributed by atoms with E-state index in [2.05, 4.69) is 22.1 Å². The third-order valence-electron chi connectivity index (χ3n) is 5.28. The van der Waals surface area contributed by atoms with Gasteiger partial charge in [-0.3, -0.25) is 0 Å². The lowest BCUT2D eigenvalue weighted by molar-refractivity contribution is 0.0683. The van der Waals surface area contributed by atoms with Gasteiger partial charge in [0, 0.05) is 11.8 Å². The van der Waals surface area contributed by atoms with Gasteiger partial charge in [-0.2, -0.15) is 4.98 Å². The Labute approximate surface area is 159 Å². The van der Waals surface area contributed by atoms with E-state index in [0.29, 0.717) is 18.9 Å². The largest absolute Gasteiger partial charge is 0.491 e. The summed E-state index contributed by atoms with van der Waals surface area (Å²) in [4.78, 5) is 20.1. The van der Waals surface area contributed by atoms with Crippen molar-refractivity contribution in [1.29, 1.82) is 0 Å². The Morgan fingerprint density at radius 3 is 2.52 bits per heavy atom. The molecule has 1 aromatic carbocycles. The zero-order valence-corrected chi connectivity index (χ0v) is 15.6. The number of aromatic nitrogens is 2. The van der Waals surface area contributed by atoms with Crippen LogP contribution in [0.1, 0.15) is 67.3 Å². The van der Waals surface area contributed by atoms with Gasteiger partial charge in [-0.25, -0.2) is 9.78 Å². The van der Waals surface area contributed by atoms with Gasteiger partial charge >= 0.3 is 5.97 Å². The number of aromatic hydroxyl groups is 1. The predicted molar refractivity (Wildman–Crippen MR) is 101 cm³/mol.